The summed E-state index contributed by atoms with van der Waals surface area (Å²) in [4.78, 5) is 29.2. The average molecular weight is 424 g/mol. The van der Waals surface area contributed by atoms with Crippen LogP contribution in [-0.2, 0) is 18.2 Å². The first-order valence-electron chi connectivity index (χ1n) is 10.6. The second-order valence-electron chi connectivity index (χ2n) is 8.93. The molecular weight excluding hydrogens is 394 g/mol. The Kier molecular flexibility index (Phi) is 5.47. The van der Waals surface area contributed by atoms with Crippen molar-refractivity contribution in [2.45, 2.75) is 32.8 Å². The Morgan fingerprint density at radius 2 is 1.74 bits per heavy atom. The average Bonchev–Trinajstić information content (AvgIpc) is 3.09. The van der Waals surface area contributed by atoms with Gasteiger partial charge in [0, 0.05) is 57.6 Å². The highest BCUT2D eigenvalue weighted by atomic mass is 16.6. The van der Waals surface area contributed by atoms with Gasteiger partial charge in [-0.1, -0.05) is 30.3 Å². The molecule has 1 saturated heterocycles. The number of fused-ring (bicyclic) bond motifs is 1. The molecule has 164 valence electrons. The van der Waals surface area contributed by atoms with Crippen molar-refractivity contribution >= 4 is 17.4 Å². The van der Waals surface area contributed by atoms with E-state index in [1.807, 2.05) is 45.2 Å². The molecule has 8 nitrogen and oxygen atoms in total. The van der Waals surface area contributed by atoms with Crippen LogP contribution in [0.2, 0.25) is 0 Å². The van der Waals surface area contributed by atoms with Crippen molar-refractivity contribution in [2.24, 2.45) is 7.05 Å². The van der Waals surface area contributed by atoms with Gasteiger partial charge in [-0.05, 0) is 26.3 Å². The number of aryl methyl sites for hydroxylation is 1. The van der Waals surface area contributed by atoms with Crippen LogP contribution in [0.3, 0.4) is 0 Å². The normalized spacial score (nSPS) is 14.8. The van der Waals surface area contributed by atoms with Gasteiger partial charge in [-0.2, -0.15) is 0 Å². The van der Waals surface area contributed by atoms with Gasteiger partial charge in [0.1, 0.15) is 11.1 Å². The predicted molar refractivity (Wildman–Crippen MR) is 120 cm³/mol. The third-order valence-electron chi connectivity index (χ3n) is 5.40. The lowest BCUT2D eigenvalue weighted by molar-refractivity contribution is 0.0240. The summed E-state index contributed by atoms with van der Waals surface area (Å²) in [5, 5.41) is 4.76. The van der Waals surface area contributed by atoms with Crippen LogP contribution in [0, 0.1) is 0 Å². The maximum atomic E-state index is 12.9. The lowest BCUT2D eigenvalue weighted by Crippen LogP contribution is -2.50. The molecule has 0 unspecified atom stereocenters. The van der Waals surface area contributed by atoms with Crippen LogP contribution in [0.25, 0.3) is 5.52 Å². The monoisotopic (exact) mass is 423 g/mol. The number of hydrogen-bond acceptors (Lipinski definition) is 5. The van der Waals surface area contributed by atoms with Gasteiger partial charge in [0.25, 0.3) is 5.56 Å². The topological polar surface area (TPSA) is 72.1 Å². The van der Waals surface area contributed by atoms with Crippen molar-refractivity contribution in [3.8, 4) is 0 Å². The minimum absolute atomic E-state index is 0.0698. The van der Waals surface area contributed by atoms with E-state index in [2.05, 4.69) is 17.0 Å². The van der Waals surface area contributed by atoms with Gasteiger partial charge in [0.15, 0.2) is 5.82 Å². The summed E-state index contributed by atoms with van der Waals surface area (Å²) in [5.74, 6) is 0.802. The number of benzene rings is 1. The number of amides is 1. The van der Waals surface area contributed by atoms with Gasteiger partial charge in [-0.3, -0.25) is 4.79 Å². The second-order valence-corrected chi connectivity index (χ2v) is 8.93. The second kappa shape index (κ2) is 8.09. The van der Waals surface area contributed by atoms with Gasteiger partial charge in [0.2, 0.25) is 0 Å². The molecule has 0 saturated carbocycles. The predicted octanol–water partition coefficient (Wildman–Crippen LogP) is 2.68. The Bertz CT molecular complexity index is 1140. The summed E-state index contributed by atoms with van der Waals surface area (Å²) < 4.78 is 8.76. The summed E-state index contributed by atoms with van der Waals surface area (Å²) in [6.45, 7) is 7.96. The number of aromatic nitrogens is 3. The van der Waals surface area contributed by atoms with E-state index in [-0.39, 0.29) is 11.7 Å². The minimum Gasteiger partial charge on any atom is -0.444 e. The summed E-state index contributed by atoms with van der Waals surface area (Å²) in [7, 11) is 1.75. The zero-order valence-electron chi connectivity index (χ0n) is 18.5. The molecule has 3 heterocycles. The van der Waals surface area contributed by atoms with Crippen LogP contribution < -0.4 is 10.5 Å². The summed E-state index contributed by atoms with van der Waals surface area (Å²) in [6, 6.07) is 10.1. The highest BCUT2D eigenvalue weighted by Gasteiger charge is 2.29. The van der Waals surface area contributed by atoms with Crippen LogP contribution in [0.1, 0.15) is 31.9 Å². The first-order valence-corrected chi connectivity index (χ1v) is 10.6. The van der Waals surface area contributed by atoms with Crippen molar-refractivity contribution in [3.05, 3.63) is 64.2 Å². The molecule has 1 aliphatic heterocycles. The fraction of sp³-hybridized carbons (Fsp3) is 0.435. The number of nitrogens with zero attached hydrogens (tertiary/aromatic N) is 5. The Morgan fingerprint density at radius 1 is 1.06 bits per heavy atom. The van der Waals surface area contributed by atoms with Crippen LogP contribution >= 0.6 is 0 Å². The van der Waals surface area contributed by atoms with Gasteiger partial charge in [0.05, 0.1) is 0 Å². The Hall–Kier alpha value is -3.29. The first-order chi connectivity index (χ1) is 14.7. The van der Waals surface area contributed by atoms with E-state index in [0.717, 1.165) is 16.9 Å². The van der Waals surface area contributed by atoms with Crippen molar-refractivity contribution in [2.75, 3.05) is 31.1 Å². The molecule has 1 aliphatic rings. The summed E-state index contributed by atoms with van der Waals surface area (Å²) in [6.07, 6.45) is 3.86. The molecule has 0 atom stereocenters. The van der Waals surface area contributed by atoms with Crippen LogP contribution in [0.5, 0.6) is 0 Å². The molecule has 31 heavy (non-hydrogen) atoms. The lowest BCUT2D eigenvalue weighted by atomic mass is 10.1. The van der Waals surface area contributed by atoms with Crippen LogP contribution in [-0.4, -0.2) is 57.0 Å². The van der Waals surface area contributed by atoms with Gasteiger partial charge in [-0.15, -0.1) is 5.10 Å². The highest BCUT2D eigenvalue weighted by Crippen LogP contribution is 2.26. The molecule has 2 aromatic heterocycles. The molecule has 1 amide bonds. The van der Waals surface area contributed by atoms with Crippen LogP contribution in [0.15, 0.2) is 47.5 Å². The highest BCUT2D eigenvalue weighted by molar-refractivity contribution is 5.70. The van der Waals surface area contributed by atoms with Gasteiger partial charge < -0.3 is 19.1 Å². The third kappa shape index (κ3) is 4.42. The summed E-state index contributed by atoms with van der Waals surface area (Å²) in [5.41, 5.74) is 2.05. The van der Waals surface area contributed by atoms with E-state index in [0.29, 0.717) is 38.1 Å². The maximum absolute atomic E-state index is 12.9. The molecule has 0 spiro atoms. The largest absolute Gasteiger partial charge is 0.444 e. The van der Waals surface area contributed by atoms with Crippen molar-refractivity contribution in [1.82, 2.24) is 19.1 Å². The van der Waals surface area contributed by atoms with Crippen LogP contribution in [0.4, 0.5) is 10.6 Å². The lowest BCUT2D eigenvalue weighted by Gasteiger charge is -2.36. The summed E-state index contributed by atoms with van der Waals surface area (Å²) >= 11 is 0. The maximum Gasteiger partial charge on any atom is 0.410 e. The Balaban J connectivity index is 1.64. The number of ether oxygens (including phenoxy) is 1. The Labute approximate surface area is 181 Å². The Morgan fingerprint density at radius 3 is 2.39 bits per heavy atom. The molecule has 0 bridgehead atoms. The zero-order chi connectivity index (χ0) is 22.2. The molecule has 3 aromatic rings. The quantitative estimate of drug-likeness (QED) is 0.648. The fourth-order valence-electron chi connectivity index (χ4n) is 3.83. The molecule has 8 heteroatoms. The van der Waals surface area contributed by atoms with E-state index in [1.54, 1.807) is 27.2 Å². The molecular formula is C23H29N5O3. The number of piperazine rings is 1. The number of rotatable bonds is 3. The number of carbonyl (C=O) groups excluding carboxylic acids is 1. The van der Waals surface area contributed by atoms with Gasteiger partial charge in [-0.25, -0.2) is 9.31 Å². The molecule has 0 N–H and O–H groups in total. The standard InChI is InChI=1S/C23H29N5O3/c1-23(2,3)31-22(30)27-13-11-26(12-14-27)20-18(16-17-8-6-5-7-9-17)19-21(29)25(4)10-15-28(19)24-20/h5-10,15H,11-14,16H2,1-4H3. The fourth-order valence-corrected chi connectivity index (χ4v) is 3.83. The molecule has 1 fully saturated rings. The zero-order valence-corrected chi connectivity index (χ0v) is 18.5. The van der Waals surface area contributed by atoms with Gasteiger partial charge >= 0.3 is 6.09 Å². The minimum atomic E-state index is -0.515. The molecule has 1 aromatic carbocycles. The molecule has 0 aliphatic carbocycles. The van der Waals surface area contributed by atoms with E-state index in [4.69, 9.17) is 9.84 Å². The van der Waals surface area contributed by atoms with E-state index in [9.17, 15) is 9.59 Å². The van der Waals surface area contributed by atoms with E-state index in [1.165, 1.54) is 0 Å². The van der Waals surface area contributed by atoms with Crippen molar-refractivity contribution < 1.29 is 9.53 Å². The van der Waals surface area contributed by atoms with Crippen molar-refractivity contribution in [3.63, 3.8) is 0 Å². The molecule has 0 radical (unpaired) electrons. The van der Waals surface area contributed by atoms with E-state index < -0.39 is 5.60 Å². The first kappa shape index (κ1) is 21.0. The molecule has 4 rings (SSSR count). The third-order valence-corrected chi connectivity index (χ3v) is 5.40. The smallest absolute Gasteiger partial charge is 0.410 e. The number of carbonyl (C=O) groups is 1. The van der Waals surface area contributed by atoms with E-state index >= 15 is 0 Å². The number of hydrogen-bond donors (Lipinski definition) is 0. The SMILES string of the molecule is Cn1ccn2nc(N3CCN(C(=O)OC(C)(C)C)CC3)c(Cc3ccccc3)c2c1=O. The number of anilines is 1. The van der Waals surface area contributed by atoms with Crippen molar-refractivity contribution in [1.29, 1.82) is 0 Å².